The minimum atomic E-state index is -0.849. The molecule has 2 heterocycles. The van der Waals surface area contributed by atoms with Gasteiger partial charge in [0.05, 0.1) is 18.1 Å². The van der Waals surface area contributed by atoms with Crippen LogP contribution in [-0.4, -0.2) is 82.1 Å². The number of likely N-dealkylation sites (tertiary alicyclic amines) is 1. The van der Waals surface area contributed by atoms with E-state index in [2.05, 4.69) is 20.9 Å². The van der Waals surface area contributed by atoms with Crippen LogP contribution < -0.4 is 16.0 Å². The molecule has 12 heteroatoms. The standard InChI is InChI=1S/C42H61N5O7/c1-25(2)23-33(45-42(53)54-27(5)6)20-19-31(24-32-15-12-13-21-43-32)41(52)47-22-14-18-36(47)40(51)46-35(39(50)44-26(3)4)17-11-10-16-34-30(9)37(48)28(7)29(8)38(34)49/h12-13,15,19-21,25-27,31,33,35-36H,10-11,14,16-18,22-24H2,1-9H3,(H,44,50)(H,45,53)(H,46,51)/b20-19+/t31-,33?,35?,36+/m1/s1. The van der Waals surface area contributed by atoms with Gasteiger partial charge in [0.15, 0.2) is 11.6 Å². The second kappa shape index (κ2) is 20.7. The molecular weight excluding hydrogens is 686 g/mol. The van der Waals surface area contributed by atoms with Crippen molar-refractivity contribution in [2.24, 2.45) is 11.8 Å². The zero-order valence-corrected chi connectivity index (χ0v) is 33.6. The largest absolute Gasteiger partial charge is 0.447 e. The van der Waals surface area contributed by atoms with Crippen molar-refractivity contribution >= 4 is 35.4 Å². The van der Waals surface area contributed by atoms with Gasteiger partial charge in [-0.15, -0.1) is 0 Å². The predicted molar refractivity (Wildman–Crippen MR) is 208 cm³/mol. The maximum Gasteiger partial charge on any atom is 0.407 e. The first-order valence-electron chi connectivity index (χ1n) is 19.4. The van der Waals surface area contributed by atoms with Crippen molar-refractivity contribution in [3.05, 3.63) is 64.5 Å². The number of rotatable bonds is 18. The molecule has 0 aromatic carbocycles. The normalized spacial score (nSPS) is 18.1. The Morgan fingerprint density at radius 2 is 1.61 bits per heavy atom. The van der Waals surface area contributed by atoms with Crippen LogP contribution in [0.5, 0.6) is 0 Å². The number of allylic oxidation sites excluding steroid dienone is 4. The second-order valence-electron chi connectivity index (χ2n) is 15.5. The molecule has 1 aromatic rings. The van der Waals surface area contributed by atoms with Crippen LogP contribution in [0.4, 0.5) is 4.79 Å². The lowest BCUT2D eigenvalue weighted by Gasteiger charge is -2.29. The zero-order chi connectivity index (χ0) is 40.1. The van der Waals surface area contributed by atoms with E-state index in [1.807, 2.05) is 45.9 Å². The average molecular weight is 748 g/mol. The van der Waals surface area contributed by atoms with Gasteiger partial charge in [0, 0.05) is 53.2 Å². The molecule has 1 saturated heterocycles. The Kier molecular flexibility index (Phi) is 16.8. The zero-order valence-electron chi connectivity index (χ0n) is 33.6. The summed E-state index contributed by atoms with van der Waals surface area (Å²) in [5, 5.41) is 8.75. The molecule has 0 bridgehead atoms. The topological polar surface area (TPSA) is 164 Å². The van der Waals surface area contributed by atoms with Crippen LogP contribution >= 0.6 is 0 Å². The molecule has 4 amide bonds. The number of alkyl carbamates (subject to hydrolysis) is 1. The maximum atomic E-state index is 14.3. The first-order chi connectivity index (χ1) is 25.5. The van der Waals surface area contributed by atoms with E-state index < -0.39 is 30.0 Å². The van der Waals surface area contributed by atoms with Gasteiger partial charge in [0.2, 0.25) is 17.7 Å². The fourth-order valence-electron chi connectivity index (χ4n) is 6.89. The van der Waals surface area contributed by atoms with E-state index >= 15 is 0 Å². The summed E-state index contributed by atoms with van der Waals surface area (Å²) in [6.07, 6.45) is 8.28. The number of ketones is 2. The highest BCUT2D eigenvalue weighted by Gasteiger charge is 2.38. The number of nitrogens with zero attached hydrogens (tertiary/aromatic N) is 2. The van der Waals surface area contributed by atoms with Crippen molar-refractivity contribution in [3.8, 4) is 0 Å². The summed E-state index contributed by atoms with van der Waals surface area (Å²) in [5.41, 5.74) is 2.63. The van der Waals surface area contributed by atoms with Gasteiger partial charge in [-0.3, -0.25) is 29.0 Å². The third kappa shape index (κ3) is 12.8. The number of amides is 4. The van der Waals surface area contributed by atoms with E-state index in [-0.39, 0.29) is 47.5 Å². The highest BCUT2D eigenvalue weighted by molar-refractivity contribution is 6.24. The van der Waals surface area contributed by atoms with E-state index in [0.717, 1.165) is 0 Å². The Bertz CT molecular complexity index is 1610. The lowest BCUT2D eigenvalue weighted by atomic mass is 9.84. The van der Waals surface area contributed by atoms with Gasteiger partial charge in [-0.1, -0.05) is 38.5 Å². The minimum Gasteiger partial charge on any atom is -0.447 e. The van der Waals surface area contributed by atoms with Gasteiger partial charge >= 0.3 is 6.09 Å². The van der Waals surface area contributed by atoms with Crippen LogP contribution in [0.3, 0.4) is 0 Å². The van der Waals surface area contributed by atoms with Crippen LogP contribution in [0.25, 0.3) is 0 Å². The second-order valence-corrected chi connectivity index (χ2v) is 15.5. The van der Waals surface area contributed by atoms with Gasteiger partial charge in [-0.25, -0.2) is 4.79 Å². The number of carbonyl (C=O) groups is 6. The molecule has 1 aliphatic heterocycles. The maximum absolute atomic E-state index is 14.3. The van der Waals surface area contributed by atoms with Crippen LogP contribution in [0.1, 0.15) is 113 Å². The molecule has 2 unspecified atom stereocenters. The first kappa shape index (κ1) is 43.8. The highest BCUT2D eigenvalue weighted by Crippen LogP contribution is 2.28. The fourth-order valence-corrected chi connectivity index (χ4v) is 6.89. The van der Waals surface area contributed by atoms with Crippen LogP contribution in [0.2, 0.25) is 0 Å². The molecule has 3 rings (SSSR count). The Balaban J connectivity index is 1.78. The van der Waals surface area contributed by atoms with Gasteiger partial charge in [-0.2, -0.15) is 0 Å². The van der Waals surface area contributed by atoms with Crippen LogP contribution in [-0.2, 0) is 35.1 Å². The quantitative estimate of drug-likeness (QED) is 0.0977. The number of unbranched alkanes of at least 4 members (excludes halogenated alkanes) is 1. The number of hydrogen-bond acceptors (Lipinski definition) is 8. The molecular formula is C42H61N5O7. The van der Waals surface area contributed by atoms with Crippen molar-refractivity contribution in [3.63, 3.8) is 0 Å². The number of hydrogen-bond donors (Lipinski definition) is 3. The van der Waals surface area contributed by atoms with E-state index in [1.165, 1.54) is 0 Å². The van der Waals surface area contributed by atoms with Gasteiger partial charge in [0.25, 0.3) is 0 Å². The Morgan fingerprint density at radius 1 is 0.907 bits per heavy atom. The van der Waals surface area contributed by atoms with Crippen molar-refractivity contribution in [1.82, 2.24) is 25.8 Å². The molecule has 0 spiro atoms. The van der Waals surface area contributed by atoms with Crippen molar-refractivity contribution < 1.29 is 33.5 Å². The third-order valence-electron chi connectivity index (χ3n) is 9.80. The minimum absolute atomic E-state index is 0.115. The molecule has 3 N–H and O–H groups in total. The number of ether oxygens (including phenoxy) is 1. The number of Topliss-reactive ketones (excluding diaryl/α,β-unsaturated/α-hetero) is 2. The van der Waals surface area contributed by atoms with E-state index in [1.54, 1.807) is 57.9 Å². The fraction of sp³-hybridized carbons (Fsp3) is 0.595. The van der Waals surface area contributed by atoms with E-state index in [0.29, 0.717) is 85.9 Å². The molecule has 12 nitrogen and oxygen atoms in total. The van der Waals surface area contributed by atoms with Crippen molar-refractivity contribution in [2.75, 3.05) is 6.54 Å². The lowest BCUT2D eigenvalue weighted by molar-refractivity contribution is -0.141. The first-order valence-corrected chi connectivity index (χ1v) is 19.4. The summed E-state index contributed by atoms with van der Waals surface area (Å²) in [7, 11) is 0. The summed E-state index contributed by atoms with van der Waals surface area (Å²) in [4.78, 5) is 85.7. The molecule has 1 aromatic heterocycles. The molecule has 54 heavy (non-hydrogen) atoms. The SMILES string of the molecule is CC1=C(C)C(=O)C(CCCCC(NC(=O)[C@@H]2CCCN2C(=O)[C@H](/C=C/C(CC(C)C)NC(=O)OC(C)C)Cc2ccccn2)C(=O)NC(C)C)=C(C)C1=O. The number of carbonyl (C=O) groups excluding carboxylic acids is 6. The molecule has 2 aliphatic rings. The Morgan fingerprint density at radius 3 is 2.24 bits per heavy atom. The lowest BCUT2D eigenvalue weighted by Crippen LogP contribution is -2.54. The summed E-state index contributed by atoms with van der Waals surface area (Å²) in [5.74, 6) is -1.60. The highest BCUT2D eigenvalue weighted by atomic mass is 16.6. The average Bonchev–Trinajstić information content (AvgIpc) is 3.60. The number of pyridine rings is 1. The van der Waals surface area contributed by atoms with E-state index in [4.69, 9.17) is 4.74 Å². The van der Waals surface area contributed by atoms with Gasteiger partial charge in [-0.05, 0) is 105 Å². The molecule has 0 radical (unpaired) electrons. The summed E-state index contributed by atoms with van der Waals surface area (Å²) in [6, 6.07) is 3.36. The predicted octanol–water partition coefficient (Wildman–Crippen LogP) is 5.71. The van der Waals surface area contributed by atoms with Crippen molar-refractivity contribution in [2.45, 2.75) is 144 Å². The molecule has 1 fully saturated rings. The number of aromatic nitrogens is 1. The molecule has 296 valence electrons. The van der Waals surface area contributed by atoms with Gasteiger partial charge in [0.1, 0.15) is 12.1 Å². The molecule has 4 atom stereocenters. The summed E-state index contributed by atoms with van der Waals surface area (Å²) in [6.45, 7) is 16.7. The summed E-state index contributed by atoms with van der Waals surface area (Å²) < 4.78 is 5.31. The monoisotopic (exact) mass is 747 g/mol. The smallest absolute Gasteiger partial charge is 0.407 e. The van der Waals surface area contributed by atoms with Crippen LogP contribution in [0.15, 0.2) is 58.8 Å². The van der Waals surface area contributed by atoms with Crippen LogP contribution in [0, 0.1) is 11.8 Å². The molecule has 0 saturated carbocycles. The van der Waals surface area contributed by atoms with E-state index in [9.17, 15) is 28.8 Å². The Hall–Kier alpha value is -4.61. The summed E-state index contributed by atoms with van der Waals surface area (Å²) >= 11 is 0. The number of nitrogens with one attached hydrogen (secondary N) is 3. The Labute approximate surface area is 321 Å². The van der Waals surface area contributed by atoms with Crippen molar-refractivity contribution in [1.29, 1.82) is 0 Å². The molecule has 1 aliphatic carbocycles. The third-order valence-corrected chi connectivity index (χ3v) is 9.80. The van der Waals surface area contributed by atoms with Gasteiger partial charge < -0.3 is 25.6 Å².